The summed E-state index contributed by atoms with van der Waals surface area (Å²) in [6.45, 7) is 10.1. The molecule has 0 saturated carbocycles. The Kier molecular flexibility index (Phi) is 6.09. The first-order valence-corrected chi connectivity index (χ1v) is 11.3. The van der Waals surface area contributed by atoms with Crippen LogP contribution in [0.1, 0.15) is 57.5 Å². The first-order valence-electron chi connectivity index (χ1n) is 11.3. The summed E-state index contributed by atoms with van der Waals surface area (Å²) >= 11 is 0. The molecule has 1 saturated heterocycles. The lowest BCUT2D eigenvalue weighted by molar-refractivity contribution is -0.132. The van der Waals surface area contributed by atoms with E-state index in [1.54, 1.807) is 36.4 Å². The maximum Gasteiger partial charge on any atom is 0.300 e. The first kappa shape index (κ1) is 23.4. The lowest BCUT2D eigenvalue weighted by atomic mass is 9.87. The van der Waals surface area contributed by atoms with Gasteiger partial charge in [-0.15, -0.1) is 0 Å². The molecule has 2 heterocycles. The van der Waals surface area contributed by atoms with Crippen LogP contribution >= 0.6 is 0 Å². The monoisotopic (exact) mass is 459 g/mol. The lowest BCUT2D eigenvalue weighted by Crippen LogP contribution is -2.29. The van der Waals surface area contributed by atoms with E-state index in [0.29, 0.717) is 22.8 Å². The molecule has 3 aromatic rings. The van der Waals surface area contributed by atoms with Crippen LogP contribution in [0.15, 0.2) is 76.9 Å². The number of anilines is 1. The molecular formula is C28H29NO5. The molecule has 176 valence electrons. The predicted octanol–water partition coefficient (Wildman–Crippen LogP) is 5.99. The Hall–Kier alpha value is -3.80. The van der Waals surface area contributed by atoms with Crippen molar-refractivity contribution in [2.75, 3.05) is 4.90 Å². The molecule has 2 aromatic carbocycles. The highest BCUT2D eigenvalue weighted by Gasteiger charge is 2.48. The minimum atomic E-state index is -0.898. The van der Waals surface area contributed by atoms with Gasteiger partial charge in [0.1, 0.15) is 23.3 Å². The highest BCUT2D eigenvalue weighted by Crippen LogP contribution is 2.43. The van der Waals surface area contributed by atoms with Crippen LogP contribution in [0.5, 0.6) is 5.75 Å². The minimum absolute atomic E-state index is 0.0263. The third kappa shape index (κ3) is 4.36. The van der Waals surface area contributed by atoms with Gasteiger partial charge in [-0.3, -0.25) is 14.5 Å². The molecule has 34 heavy (non-hydrogen) atoms. The number of aliphatic hydroxyl groups is 1. The van der Waals surface area contributed by atoms with Crippen LogP contribution in [0.4, 0.5) is 5.69 Å². The third-order valence-electron chi connectivity index (χ3n) is 5.75. The number of furan rings is 1. The fourth-order valence-electron chi connectivity index (χ4n) is 4.08. The zero-order chi connectivity index (χ0) is 24.6. The summed E-state index contributed by atoms with van der Waals surface area (Å²) in [5.41, 5.74) is 1.95. The van der Waals surface area contributed by atoms with Crippen LogP contribution in [-0.2, 0) is 15.0 Å². The van der Waals surface area contributed by atoms with Crippen LogP contribution < -0.4 is 9.64 Å². The average Bonchev–Trinajstić information content (AvgIpc) is 3.39. The zero-order valence-electron chi connectivity index (χ0n) is 20.0. The van der Waals surface area contributed by atoms with Crippen molar-refractivity contribution in [1.82, 2.24) is 0 Å². The molecule has 0 spiro atoms. The summed E-state index contributed by atoms with van der Waals surface area (Å²) in [4.78, 5) is 27.8. The molecule has 1 fully saturated rings. The summed E-state index contributed by atoms with van der Waals surface area (Å²) in [7, 11) is 0. The van der Waals surface area contributed by atoms with Crippen molar-refractivity contribution in [2.45, 2.75) is 52.2 Å². The maximum atomic E-state index is 13.2. The van der Waals surface area contributed by atoms with Gasteiger partial charge in [0, 0.05) is 11.3 Å². The van der Waals surface area contributed by atoms with Gasteiger partial charge in [0.25, 0.3) is 11.7 Å². The Morgan fingerprint density at radius 1 is 1.03 bits per heavy atom. The molecule has 6 heteroatoms. The minimum Gasteiger partial charge on any atom is -0.507 e. The average molecular weight is 460 g/mol. The number of ketones is 1. The second-order valence-electron chi connectivity index (χ2n) is 9.68. The largest absolute Gasteiger partial charge is 0.507 e. The highest BCUT2D eigenvalue weighted by molar-refractivity contribution is 6.51. The van der Waals surface area contributed by atoms with E-state index in [1.165, 1.54) is 11.2 Å². The molecular weight excluding hydrogens is 430 g/mol. The number of amides is 1. The van der Waals surface area contributed by atoms with Gasteiger partial charge in [0.05, 0.1) is 17.9 Å². The molecule has 1 N–H and O–H groups in total. The SMILES string of the molecule is CC(C)Oc1cccc(/C(O)=C2/C(=O)C(=O)N(c3ccc(C(C)(C)C)cc3)C2c2ccco2)c1. The van der Waals surface area contributed by atoms with E-state index in [-0.39, 0.29) is 22.9 Å². The molecule has 1 amide bonds. The quantitative estimate of drug-likeness (QED) is 0.288. The second-order valence-corrected chi connectivity index (χ2v) is 9.68. The number of nitrogens with zero attached hydrogens (tertiary/aromatic N) is 1. The molecule has 0 bridgehead atoms. The summed E-state index contributed by atoms with van der Waals surface area (Å²) in [6, 6.07) is 16.8. The van der Waals surface area contributed by atoms with Gasteiger partial charge in [-0.05, 0) is 61.2 Å². The normalized spacial score (nSPS) is 18.1. The van der Waals surface area contributed by atoms with Gasteiger partial charge in [-0.2, -0.15) is 0 Å². The van der Waals surface area contributed by atoms with Gasteiger partial charge in [-0.25, -0.2) is 0 Å². The molecule has 1 aromatic heterocycles. The number of aliphatic hydroxyl groups excluding tert-OH is 1. The number of ether oxygens (including phenoxy) is 1. The number of hydrogen-bond acceptors (Lipinski definition) is 5. The van der Waals surface area contributed by atoms with Gasteiger partial charge in [0.2, 0.25) is 0 Å². The number of carbonyl (C=O) groups excluding carboxylic acids is 2. The number of carbonyl (C=O) groups is 2. The predicted molar refractivity (Wildman–Crippen MR) is 131 cm³/mol. The first-order chi connectivity index (χ1) is 16.1. The van der Waals surface area contributed by atoms with E-state index in [9.17, 15) is 14.7 Å². The summed E-state index contributed by atoms with van der Waals surface area (Å²) in [6.07, 6.45) is 1.43. The summed E-state index contributed by atoms with van der Waals surface area (Å²) in [5.74, 6) is -0.825. The third-order valence-corrected chi connectivity index (χ3v) is 5.75. The number of Topliss-reactive ketones (excluding diaryl/α,β-unsaturated/α-hetero) is 1. The molecule has 6 nitrogen and oxygen atoms in total. The smallest absolute Gasteiger partial charge is 0.300 e. The summed E-state index contributed by atoms with van der Waals surface area (Å²) < 4.78 is 11.3. The van der Waals surface area contributed by atoms with E-state index in [2.05, 4.69) is 20.8 Å². The van der Waals surface area contributed by atoms with Crippen molar-refractivity contribution in [1.29, 1.82) is 0 Å². The molecule has 4 rings (SSSR count). The van der Waals surface area contributed by atoms with Crippen molar-refractivity contribution in [2.24, 2.45) is 0 Å². The number of benzene rings is 2. The Morgan fingerprint density at radius 2 is 1.74 bits per heavy atom. The van der Waals surface area contributed by atoms with E-state index < -0.39 is 17.7 Å². The van der Waals surface area contributed by atoms with Crippen LogP contribution in [-0.4, -0.2) is 22.9 Å². The second kappa shape index (κ2) is 8.86. The van der Waals surface area contributed by atoms with E-state index in [0.717, 1.165) is 5.56 Å². The molecule has 0 aliphatic carbocycles. The van der Waals surface area contributed by atoms with Crippen LogP contribution in [0.2, 0.25) is 0 Å². The Balaban J connectivity index is 1.84. The Labute approximate surface area is 199 Å². The van der Waals surface area contributed by atoms with E-state index in [1.807, 2.05) is 38.1 Å². The van der Waals surface area contributed by atoms with Crippen molar-refractivity contribution in [3.63, 3.8) is 0 Å². The van der Waals surface area contributed by atoms with Crippen molar-refractivity contribution in [3.05, 3.63) is 89.4 Å². The molecule has 0 radical (unpaired) electrons. The molecule has 1 unspecified atom stereocenters. The van der Waals surface area contributed by atoms with Gasteiger partial charge in [-0.1, -0.05) is 45.0 Å². The number of rotatable bonds is 5. The van der Waals surface area contributed by atoms with Crippen molar-refractivity contribution < 1.29 is 23.8 Å². The maximum absolute atomic E-state index is 13.2. The van der Waals surface area contributed by atoms with Crippen LogP contribution in [0.25, 0.3) is 5.76 Å². The Morgan fingerprint density at radius 3 is 2.32 bits per heavy atom. The highest BCUT2D eigenvalue weighted by atomic mass is 16.5. The van der Waals surface area contributed by atoms with E-state index >= 15 is 0 Å². The standard InChI is InChI=1S/C28H29NO5/c1-17(2)34-21-9-6-8-18(16-21)25(30)23-24(22-10-7-15-33-22)29(27(32)26(23)31)20-13-11-19(12-14-20)28(3,4)5/h6-17,24,30H,1-5H3/b25-23-. The fourth-order valence-corrected chi connectivity index (χ4v) is 4.08. The summed E-state index contributed by atoms with van der Waals surface area (Å²) in [5, 5.41) is 11.2. The van der Waals surface area contributed by atoms with Crippen LogP contribution in [0.3, 0.4) is 0 Å². The molecule has 1 aliphatic heterocycles. The van der Waals surface area contributed by atoms with Crippen molar-refractivity contribution >= 4 is 23.1 Å². The fraction of sp³-hybridized carbons (Fsp3) is 0.286. The number of hydrogen-bond donors (Lipinski definition) is 1. The topological polar surface area (TPSA) is 80.0 Å². The van der Waals surface area contributed by atoms with Crippen molar-refractivity contribution in [3.8, 4) is 5.75 Å². The Bertz CT molecular complexity index is 1230. The van der Waals surface area contributed by atoms with Gasteiger partial charge in [0.15, 0.2) is 0 Å². The van der Waals surface area contributed by atoms with Gasteiger partial charge < -0.3 is 14.3 Å². The van der Waals surface area contributed by atoms with Crippen LogP contribution in [0, 0.1) is 0 Å². The van der Waals surface area contributed by atoms with Gasteiger partial charge >= 0.3 is 0 Å². The lowest BCUT2D eigenvalue weighted by Gasteiger charge is -2.25. The zero-order valence-corrected chi connectivity index (χ0v) is 20.0. The molecule has 1 aliphatic rings. The molecule has 1 atom stereocenters. The van der Waals surface area contributed by atoms with E-state index in [4.69, 9.17) is 9.15 Å².